The highest BCUT2D eigenvalue weighted by molar-refractivity contribution is 5.93. The van der Waals surface area contributed by atoms with Gasteiger partial charge in [0.05, 0.1) is 18.7 Å². The zero-order valence-electron chi connectivity index (χ0n) is 19.5. The van der Waals surface area contributed by atoms with Crippen LogP contribution >= 0.6 is 0 Å². The Kier molecular flexibility index (Phi) is 10.7. The summed E-state index contributed by atoms with van der Waals surface area (Å²) >= 11 is 0. The third kappa shape index (κ3) is 8.61. The molecule has 0 saturated carbocycles. The number of carboxylic acid groups (broad SMARTS) is 1. The van der Waals surface area contributed by atoms with Gasteiger partial charge in [0.2, 0.25) is 0 Å². The highest BCUT2D eigenvalue weighted by Crippen LogP contribution is 2.35. The number of fused-ring (bicyclic) bond motifs is 1. The molecule has 192 valence electrons. The number of carboxylic acids is 1. The van der Waals surface area contributed by atoms with Crippen LogP contribution in [-0.4, -0.2) is 67.9 Å². The fourth-order valence-electron chi connectivity index (χ4n) is 2.68. The van der Waals surface area contributed by atoms with Gasteiger partial charge in [0.15, 0.2) is 11.5 Å². The fraction of sp³-hybridized carbons (Fsp3) is 0.292. The first kappa shape index (κ1) is 28.2. The van der Waals surface area contributed by atoms with Gasteiger partial charge in [0.1, 0.15) is 25.4 Å². The second-order valence-corrected chi connectivity index (χ2v) is 6.87. The quantitative estimate of drug-likeness (QED) is 0.310. The largest absolute Gasteiger partial charge is 0.490 e. The van der Waals surface area contributed by atoms with Gasteiger partial charge in [-0.25, -0.2) is 14.8 Å². The summed E-state index contributed by atoms with van der Waals surface area (Å²) < 4.78 is 53.5. The number of carbonyl (C=O) groups is 1. The number of benzene rings is 2. The Morgan fingerprint density at radius 3 is 2.19 bits per heavy atom. The molecule has 0 radical (unpaired) electrons. The number of hydrogen-bond donors (Lipinski definition) is 2. The van der Waals surface area contributed by atoms with Crippen LogP contribution < -0.4 is 14.8 Å². The van der Waals surface area contributed by atoms with Gasteiger partial charge < -0.3 is 29.4 Å². The van der Waals surface area contributed by atoms with Crippen molar-refractivity contribution in [3.63, 3.8) is 0 Å². The van der Waals surface area contributed by atoms with E-state index in [-0.39, 0.29) is 0 Å². The summed E-state index contributed by atoms with van der Waals surface area (Å²) in [6, 6.07) is 11.3. The molecule has 12 heteroatoms. The zero-order valence-corrected chi connectivity index (χ0v) is 19.5. The first-order valence-corrected chi connectivity index (χ1v) is 10.4. The van der Waals surface area contributed by atoms with Crippen molar-refractivity contribution in [3.8, 4) is 23.8 Å². The fourth-order valence-corrected chi connectivity index (χ4v) is 2.68. The van der Waals surface area contributed by atoms with E-state index in [9.17, 15) is 13.2 Å². The van der Waals surface area contributed by atoms with Crippen molar-refractivity contribution in [1.82, 2.24) is 9.97 Å². The summed E-state index contributed by atoms with van der Waals surface area (Å²) in [5.41, 5.74) is 2.34. The van der Waals surface area contributed by atoms with Crippen molar-refractivity contribution in [2.75, 3.05) is 46.0 Å². The highest BCUT2D eigenvalue weighted by atomic mass is 19.4. The molecule has 3 rings (SSSR count). The van der Waals surface area contributed by atoms with Crippen molar-refractivity contribution in [1.29, 1.82) is 0 Å². The molecule has 0 fully saturated rings. The molecule has 0 aliphatic rings. The van der Waals surface area contributed by atoms with Gasteiger partial charge in [-0.1, -0.05) is 12.0 Å². The third-order valence-electron chi connectivity index (χ3n) is 4.33. The molecule has 9 nitrogen and oxygen atoms in total. The van der Waals surface area contributed by atoms with E-state index in [0.717, 1.165) is 22.2 Å². The minimum Gasteiger partial charge on any atom is -0.487 e. The predicted octanol–water partition coefficient (Wildman–Crippen LogP) is 4.04. The number of alkyl halides is 3. The van der Waals surface area contributed by atoms with Crippen molar-refractivity contribution in [2.24, 2.45) is 0 Å². The molecule has 0 aliphatic carbocycles. The maximum Gasteiger partial charge on any atom is 0.490 e. The van der Waals surface area contributed by atoms with E-state index in [1.165, 1.54) is 6.33 Å². The number of methoxy groups -OCH3 is 2. The average Bonchev–Trinajstić information content (AvgIpc) is 2.85. The van der Waals surface area contributed by atoms with Gasteiger partial charge in [0, 0.05) is 36.9 Å². The molecular formula is C24H24F3N3O6. The smallest absolute Gasteiger partial charge is 0.487 e. The minimum atomic E-state index is -5.08. The molecule has 0 saturated heterocycles. The summed E-state index contributed by atoms with van der Waals surface area (Å²) in [4.78, 5) is 17.6. The molecule has 0 aliphatic heterocycles. The molecule has 0 atom stereocenters. The van der Waals surface area contributed by atoms with Crippen LogP contribution in [0, 0.1) is 12.3 Å². The summed E-state index contributed by atoms with van der Waals surface area (Å²) in [6.45, 7) is 1.73. The van der Waals surface area contributed by atoms with Crippen LogP contribution in [0.15, 0.2) is 42.7 Å². The first-order chi connectivity index (χ1) is 17.2. The number of rotatable bonds is 10. The Bertz CT molecular complexity index is 1200. The summed E-state index contributed by atoms with van der Waals surface area (Å²) in [6.07, 6.45) is 1.91. The second kappa shape index (κ2) is 13.7. The standard InChI is InChI=1S/C22H23N3O4.C2HF3O2/c1-4-16-6-5-7-17(12-16)25-22-18-13-20(28-10-8-26-2)21(29-11-9-27-3)14-19(18)23-15-24-22;3-2(4,5)1(6)7/h1,5-7,12-15H,8-11H2,2-3H3,(H,23,24,25);(H,6,7). The van der Waals surface area contributed by atoms with Crippen LogP contribution in [0.1, 0.15) is 5.56 Å². The van der Waals surface area contributed by atoms with E-state index < -0.39 is 12.1 Å². The Morgan fingerprint density at radius 2 is 1.64 bits per heavy atom. The number of aliphatic carboxylic acids is 1. The van der Waals surface area contributed by atoms with Gasteiger partial charge >= 0.3 is 12.1 Å². The minimum absolute atomic E-state index is 0.392. The molecule has 0 unspecified atom stereocenters. The molecule has 0 spiro atoms. The Morgan fingerprint density at radius 1 is 1.03 bits per heavy atom. The lowest BCUT2D eigenvalue weighted by molar-refractivity contribution is -0.192. The van der Waals surface area contributed by atoms with Crippen LogP contribution in [-0.2, 0) is 14.3 Å². The third-order valence-corrected chi connectivity index (χ3v) is 4.33. The van der Waals surface area contributed by atoms with E-state index in [4.69, 9.17) is 35.3 Å². The van der Waals surface area contributed by atoms with E-state index in [0.29, 0.717) is 43.7 Å². The zero-order chi connectivity index (χ0) is 26.6. The number of hydrogen-bond acceptors (Lipinski definition) is 8. The van der Waals surface area contributed by atoms with Crippen LogP contribution in [0.2, 0.25) is 0 Å². The lowest BCUT2D eigenvalue weighted by atomic mass is 10.2. The molecule has 1 heterocycles. The molecule has 36 heavy (non-hydrogen) atoms. The first-order valence-electron chi connectivity index (χ1n) is 10.4. The summed E-state index contributed by atoms with van der Waals surface area (Å²) in [5.74, 6) is 1.69. The Balaban J connectivity index is 0.000000572. The number of ether oxygens (including phenoxy) is 4. The van der Waals surface area contributed by atoms with Crippen LogP contribution in [0.4, 0.5) is 24.7 Å². The molecule has 3 aromatic rings. The predicted molar refractivity (Wildman–Crippen MR) is 126 cm³/mol. The molecule has 2 N–H and O–H groups in total. The molecular weight excluding hydrogens is 483 g/mol. The van der Waals surface area contributed by atoms with E-state index in [2.05, 4.69) is 21.2 Å². The monoisotopic (exact) mass is 507 g/mol. The number of anilines is 2. The topological polar surface area (TPSA) is 112 Å². The molecule has 1 aromatic heterocycles. The maximum absolute atomic E-state index is 10.6. The van der Waals surface area contributed by atoms with Gasteiger partial charge in [0.25, 0.3) is 0 Å². The molecule has 2 aromatic carbocycles. The maximum atomic E-state index is 10.6. The number of halogens is 3. The Hall–Kier alpha value is -4.08. The van der Waals surface area contributed by atoms with Crippen LogP contribution in [0.3, 0.4) is 0 Å². The van der Waals surface area contributed by atoms with Crippen molar-refractivity contribution in [2.45, 2.75) is 6.18 Å². The van der Waals surface area contributed by atoms with Gasteiger partial charge in [-0.05, 0) is 24.3 Å². The van der Waals surface area contributed by atoms with Crippen LogP contribution in [0.5, 0.6) is 11.5 Å². The molecule has 0 bridgehead atoms. The van der Waals surface area contributed by atoms with E-state index >= 15 is 0 Å². The van der Waals surface area contributed by atoms with E-state index in [1.54, 1.807) is 14.2 Å². The van der Waals surface area contributed by atoms with Crippen molar-refractivity contribution >= 4 is 28.4 Å². The summed E-state index contributed by atoms with van der Waals surface area (Å²) in [5, 5.41) is 11.2. The normalized spacial score (nSPS) is 10.7. The Labute approximate surface area is 205 Å². The number of terminal acetylenes is 1. The number of aromatic nitrogens is 2. The van der Waals surface area contributed by atoms with Crippen molar-refractivity contribution in [3.05, 3.63) is 48.3 Å². The lowest BCUT2D eigenvalue weighted by Gasteiger charge is -2.15. The lowest BCUT2D eigenvalue weighted by Crippen LogP contribution is -2.21. The summed E-state index contributed by atoms with van der Waals surface area (Å²) in [7, 11) is 3.25. The van der Waals surface area contributed by atoms with Gasteiger partial charge in [-0.2, -0.15) is 13.2 Å². The van der Waals surface area contributed by atoms with Crippen molar-refractivity contribution < 1.29 is 42.0 Å². The SMILES string of the molecule is C#Cc1cccc(Nc2ncnc3cc(OCCOC)c(OCCOC)cc23)c1.O=C(O)C(F)(F)F. The average molecular weight is 507 g/mol. The number of nitrogens with one attached hydrogen (secondary N) is 1. The highest BCUT2D eigenvalue weighted by Gasteiger charge is 2.38. The van der Waals surface area contributed by atoms with Gasteiger partial charge in [-0.15, -0.1) is 6.42 Å². The molecule has 0 amide bonds. The van der Waals surface area contributed by atoms with Crippen LogP contribution in [0.25, 0.3) is 10.9 Å². The van der Waals surface area contributed by atoms with E-state index in [1.807, 2.05) is 36.4 Å². The second-order valence-electron chi connectivity index (χ2n) is 6.87. The number of nitrogens with zero attached hydrogens (tertiary/aromatic N) is 2. The van der Waals surface area contributed by atoms with Gasteiger partial charge in [-0.3, -0.25) is 0 Å².